The number of hydrogen-bond acceptors (Lipinski definition) is 8. The summed E-state index contributed by atoms with van der Waals surface area (Å²) in [6.07, 6.45) is 1.71. The third-order valence-electron chi connectivity index (χ3n) is 6.15. The van der Waals surface area contributed by atoms with E-state index in [1.54, 1.807) is 41.3 Å². The molecule has 2 aliphatic rings. The first-order valence-corrected chi connectivity index (χ1v) is 13.4. The molecule has 5 rings (SSSR count). The van der Waals surface area contributed by atoms with E-state index in [9.17, 15) is 9.59 Å². The second kappa shape index (κ2) is 11.2. The van der Waals surface area contributed by atoms with Crippen LogP contribution in [-0.2, 0) is 25.5 Å². The molecule has 2 aromatic carbocycles. The van der Waals surface area contributed by atoms with Crippen molar-refractivity contribution in [2.24, 2.45) is 5.92 Å². The zero-order chi connectivity index (χ0) is 26.7. The Hall–Kier alpha value is -3.24. The van der Waals surface area contributed by atoms with Gasteiger partial charge < -0.3 is 18.6 Å². The highest BCUT2D eigenvalue weighted by atomic mass is 32.2. The van der Waals surface area contributed by atoms with Gasteiger partial charge in [-0.1, -0.05) is 66.4 Å². The van der Waals surface area contributed by atoms with Crippen molar-refractivity contribution < 1.29 is 28.2 Å². The number of hydrogen-bond donors (Lipinski definition) is 0. The summed E-state index contributed by atoms with van der Waals surface area (Å²) < 4.78 is 23.1. The van der Waals surface area contributed by atoms with E-state index in [1.807, 2.05) is 50.2 Å². The Kier molecular flexibility index (Phi) is 7.80. The lowest BCUT2D eigenvalue weighted by Crippen LogP contribution is -2.41. The lowest BCUT2D eigenvalue weighted by atomic mass is 10.1. The molecule has 9 heteroatoms. The molecule has 2 saturated heterocycles. The highest BCUT2D eigenvalue weighted by Gasteiger charge is 2.32. The molecule has 0 saturated carbocycles. The number of nitrogens with zero attached hydrogens (tertiary/aromatic N) is 1. The number of ether oxygens (including phenoxy) is 3. The maximum absolute atomic E-state index is 12.9. The second-order valence-electron chi connectivity index (χ2n) is 9.52. The first kappa shape index (κ1) is 26.4. The number of esters is 1. The molecule has 38 heavy (non-hydrogen) atoms. The number of benzene rings is 2. The number of furan rings is 1. The van der Waals surface area contributed by atoms with Gasteiger partial charge in [0.05, 0.1) is 36.8 Å². The summed E-state index contributed by atoms with van der Waals surface area (Å²) in [4.78, 5) is 27.5. The van der Waals surface area contributed by atoms with Crippen LogP contribution in [0.15, 0.2) is 76.1 Å². The molecule has 3 heterocycles. The Balaban J connectivity index is 1.19. The van der Waals surface area contributed by atoms with Crippen LogP contribution >= 0.6 is 24.0 Å². The van der Waals surface area contributed by atoms with Crippen molar-refractivity contribution in [1.82, 2.24) is 4.90 Å². The van der Waals surface area contributed by atoms with Crippen LogP contribution in [0.25, 0.3) is 17.4 Å². The van der Waals surface area contributed by atoms with Crippen molar-refractivity contribution in [1.29, 1.82) is 0 Å². The number of thioether (sulfide) groups is 1. The molecule has 0 atom stereocenters. The molecule has 0 bridgehead atoms. The molecule has 0 spiro atoms. The highest BCUT2D eigenvalue weighted by molar-refractivity contribution is 8.26. The van der Waals surface area contributed by atoms with Gasteiger partial charge in [0, 0.05) is 17.6 Å². The lowest BCUT2D eigenvalue weighted by molar-refractivity contribution is -0.264. The van der Waals surface area contributed by atoms with E-state index in [1.165, 1.54) is 11.8 Å². The standard InChI is InChI=1S/C29H27NO6S2/c1-29(2)34-17-20(18-35-29)16-33-27(32)22-10-8-21(9-11-22)24-13-12-23(36-24)14-25-26(31)30(28(37)38-25)15-19-6-4-3-5-7-19/h3-14,20H,15-18H2,1-2H3/b25-14+. The molecule has 0 unspecified atom stereocenters. The van der Waals surface area contributed by atoms with Crippen LogP contribution in [0.5, 0.6) is 0 Å². The topological polar surface area (TPSA) is 78.2 Å². The van der Waals surface area contributed by atoms with Crippen LogP contribution in [0, 0.1) is 5.92 Å². The lowest BCUT2D eigenvalue weighted by Gasteiger charge is -2.34. The number of carbonyl (C=O) groups excluding carboxylic acids is 2. The number of rotatable bonds is 7. The molecule has 2 fully saturated rings. The maximum Gasteiger partial charge on any atom is 0.338 e. The van der Waals surface area contributed by atoms with Crippen molar-refractivity contribution in [3.8, 4) is 11.3 Å². The summed E-state index contributed by atoms with van der Waals surface area (Å²) in [5, 5.41) is 0. The number of amides is 1. The smallest absolute Gasteiger partial charge is 0.338 e. The normalized spacial score (nSPS) is 18.8. The Morgan fingerprint density at radius 2 is 1.79 bits per heavy atom. The minimum atomic E-state index is -0.598. The van der Waals surface area contributed by atoms with Crippen LogP contribution in [0.2, 0.25) is 0 Å². The minimum Gasteiger partial charge on any atom is -0.462 e. The SMILES string of the molecule is CC1(C)OCC(COC(=O)c2ccc(-c3ccc(/C=C4/SC(=S)N(Cc5ccccc5)C4=O)o3)cc2)CO1. The van der Waals surface area contributed by atoms with Gasteiger partial charge in [-0.2, -0.15) is 0 Å². The van der Waals surface area contributed by atoms with E-state index < -0.39 is 11.8 Å². The Labute approximate surface area is 230 Å². The van der Waals surface area contributed by atoms with Crippen molar-refractivity contribution in [3.63, 3.8) is 0 Å². The average Bonchev–Trinajstić information content (AvgIpc) is 3.49. The van der Waals surface area contributed by atoms with Gasteiger partial charge in [-0.3, -0.25) is 9.69 Å². The Morgan fingerprint density at radius 1 is 1.08 bits per heavy atom. The minimum absolute atomic E-state index is 0.00611. The van der Waals surface area contributed by atoms with Crippen molar-refractivity contribution >= 4 is 46.3 Å². The quantitative estimate of drug-likeness (QED) is 0.205. The Bertz CT molecular complexity index is 1350. The maximum atomic E-state index is 12.9. The van der Waals surface area contributed by atoms with Gasteiger partial charge in [-0.05, 0) is 43.7 Å². The van der Waals surface area contributed by atoms with Crippen LogP contribution < -0.4 is 0 Å². The summed E-state index contributed by atoms with van der Waals surface area (Å²) in [5.74, 6) is 0.0311. The van der Waals surface area contributed by atoms with E-state index >= 15 is 0 Å². The van der Waals surface area contributed by atoms with Crippen LogP contribution in [0.1, 0.15) is 35.5 Å². The molecular formula is C29H27NO6S2. The Morgan fingerprint density at radius 3 is 2.50 bits per heavy atom. The fourth-order valence-corrected chi connectivity index (χ4v) is 5.22. The van der Waals surface area contributed by atoms with Gasteiger partial charge in [0.1, 0.15) is 15.8 Å². The van der Waals surface area contributed by atoms with Gasteiger partial charge in [0.25, 0.3) is 5.91 Å². The van der Waals surface area contributed by atoms with Gasteiger partial charge in [-0.15, -0.1) is 0 Å². The van der Waals surface area contributed by atoms with Gasteiger partial charge in [0.15, 0.2) is 5.79 Å². The van der Waals surface area contributed by atoms with Crippen molar-refractivity contribution in [2.75, 3.05) is 19.8 Å². The zero-order valence-electron chi connectivity index (χ0n) is 21.0. The molecule has 3 aromatic rings. The molecule has 0 aliphatic carbocycles. The number of carbonyl (C=O) groups is 2. The molecule has 196 valence electrons. The van der Waals surface area contributed by atoms with Gasteiger partial charge in [0.2, 0.25) is 0 Å². The average molecular weight is 550 g/mol. The van der Waals surface area contributed by atoms with E-state index in [2.05, 4.69) is 0 Å². The highest BCUT2D eigenvalue weighted by Crippen LogP contribution is 2.34. The summed E-state index contributed by atoms with van der Waals surface area (Å²) in [6, 6.07) is 20.4. The second-order valence-corrected chi connectivity index (χ2v) is 11.2. The van der Waals surface area contributed by atoms with E-state index in [0.717, 1.165) is 11.1 Å². The molecule has 1 amide bonds. The van der Waals surface area contributed by atoms with E-state index in [-0.39, 0.29) is 18.4 Å². The fourth-order valence-electron chi connectivity index (χ4n) is 3.99. The largest absolute Gasteiger partial charge is 0.462 e. The third-order valence-corrected chi connectivity index (χ3v) is 7.52. The van der Waals surface area contributed by atoms with Gasteiger partial charge >= 0.3 is 5.97 Å². The summed E-state index contributed by atoms with van der Waals surface area (Å²) in [6.45, 7) is 5.35. The van der Waals surface area contributed by atoms with Crippen molar-refractivity contribution in [3.05, 3.63) is 88.5 Å². The zero-order valence-corrected chi connectivity index (χ0v) is 22.7. The summed E-state index contributed by atoms with van der Waals surface area (Å²) in [5.41, 5.74) is 2.26. The predicted octanol–water partition coefficient (Wildman–Crippen LogP) is 5.90. The fraction of sp³-hybridized carbons (Fsp3) is 0.276. The van der Waals surface area contributed by atoms with E-state index in [0.29, 0.717) is 46.1 Å². The third kappa shape index (κ3) is 6.24. The molecule has 0 radical (unpaired) electrons. The monoisotopic (exact) mass is 549 g/mol. The molecular weight excluding hydrogens is 522 g/mol. The number of thiocarbonyl (C=S) groups is 1. The summed E-state index contributed by atoms with van der Waals surface area (Å²) >= 11 is 6.70. The first-order chi connectivity index (χ1) is 18.3. The van der Waals surface area contributed by atoms with E-state index in [4.69, 9.17) is 30.8 Å². The van der Waals surface area contributed by atoms with Crippen molar-refractivity contribution in [2.45, 2.75) is 26.2 Å². The van der Waals surface area contributed by atoms with Gasteiger partial charge in [-0.25, -0.2) is 4.79 Å². The van der Waals surface area contributed by atoms with Crippen LogP contribution in [-0.4, -0.2) is 46.7 Å². The summed E-state index contributed by atoms with van der Waals surface area (Å²) in [7, 11) is 0. The first-order valence-electron chi connectivity index (χ1n) is 12.2. The predicted molar refractivity (Wildman–Crippen MR) is 149 cm³/mol. The molecule has 0 N–H and O–H groups in total. The molecule has 7 nitrogen and oxygen atoms in total. The molecule has 2 aliphatic heterocycles. The van der Waals surface area contributed by atoms with Crippen LogP contribution in [0.4, 0.5) is 0 Å². The van der Waals surface area contributed by atoms with Crippen LogP contribution in [0.3, 0.4) is 0 Å². The molecule has 1 aromatic heterocycles.